The number of likely N-dealkylation sites (tertiary alicyclic amines) is 1. The van der Waals surface area contributed by atoms with E-state index in [1.807, 2.05) is 0 Å². The van der Waals surface area contributed by atoms with Crippen LogP contribution in [0.5, 0.6) is 0 Å². The Hall–Kier alpha value is -1.73. The fourth-order valence-corrected chi connectivity index (χ4v) is 3.29. The third kappa shape index (κ3) is 3.30. The molecule has 1 aromatic rings. The summed E-state index contributed by atoms with van der Waals surface area (Å²) in [6.45, 7) is 1.000. The van der Waals surface area contributed by atoms with Gasteiger partial charge in [0.05, 0.1) is 18.7 Å². The van der Waals surface area contributed by atoms with Crippen LogP contribution in [0.3, 0.4) is 0 Å². The van der Waals surface area contributed by atoms with Crippen LogP contribution in [0, 0.1) is 11.6 Å². The molecule has 2 fully saturated rings. The van der Waals surface area contributed by atoms with E-state index in [9.17, 15) is 18.7 Å². The van der Waals surface area contributed by atoms with E-state index in [4.69, 9.17) is 4.74 Å². The highest BCUT2D eigenvalue weighted by Crippen LogP contribution is 2.30. The number of hydrogen-bond acceptors (Lipinski definition) is 3. The molecule has 23 heavy (non-hydrogen) atoms. The Morgan fingerprint density at radius 3 is 2.91 bits per heavy atom. The summed E-state index contributed by atoms with van der Waals surface area (Å²) in [6, 6.07) is 2.94. The second-order valence-electron chi connectivity index (χ2n) is 5.98. The summed E-state index contributed by atoms with van der Waals surface area (Å²) in [5.74, 6) is -1.84. The predicted octanol–water partition coefficient (Wildman–Crippen LogP) is 1.96. The fourth-order valence-electron chi connectivity index (χ4n) is 3.29. The number of aliphatic hydroxyl groups excluding tert-OH is 1. The summed E-state index contributed by atoms with van der Waals surface area (Å²) in [6.07, 6.45) is 1.76. The lowest BCUT2D eigenvalue weighted by Gasteiger charge is -2.27. The van der Waals surface area contributed by atoms with Crippen LogP contribution >= 0.6 is 0 Å². The van der Waals surface area contributed by atoms with E-state index < -0.39 is 17.7 Å². The first kappa shape index (κ1) is 16.1. The number of halogens is 2. The van der Waals surface area contributed by atoms with E-state index in [0.717, 1.165) is 25.0 Å². The maximum absolute atomic E-state index is 13.4. The minimum Gasteiger partial charge on any atom is -0.394 e. The molecule has 126 valence electrons. The molecule has 3 atom stereocenters. The maximum atomic E-state index is 13.4. The zero-order valence-corrected chi connectivity index (χ0v) is 12.7. The van der Waals surface area contributed by atoms with E-state index in [2.05, 4.69) is 5.32 Å². The molecule has 7 heteroatoms. The second kappa shape index (κ2) is 6.80. The van der Waals surface area contributed by atoms with Gasteiger partial charge in [0.2, 0.25) is 0 Å². The number of hydrogen-bond donors (Lipinski definition) is 2. The summed E-state index contributed by atoms with van der Waals surface area (Å²) in [5.41, 5.74) is 0.506. The molecular weight excluding hydrogens is 306 g/mol. The molecule has 2 N–H and O–H groups in total. The molecule has 0 saturated carbocycles. The number of carbonyl (C=O) groups excluding carboxylic acids is 1. The number of urea groups is 1. The molecule has 3 rings (SSSR count). The van der Waals surface area contributed by atoms with Gasteiger partial charge in [0.25, 0.3) is 0 Å². The molecule has 2 aliphatic heterocycles. The van der Waals surface area contributed by atoms with Crippen molar-refractivity contribution in [1.82, 2.24) is 10.2 Å². The molecule has 1 aromatic carbocycles. The number of rotatable bonds is 3. The van der Waals surface area contributed by atoms with Gasteiger partial charge in [0, 0.05) is 13.2 Å². The van der Waals surface area contributed by atoms with Crippen molar-refractivity contribution in [1.29, 1.82) is 0 Å². The highest BCUT2D eigenvalue weighted by molar-refractivity contribution is 5.75. The SMILES string of the molecule is O=C(NC1CCOC1c1ccc(F)c(F)c1)N1CCC[C@@H]1CO. The van der Waals surface area contributed by atoms with Gasteiger partial charge >= 0.3 is 6.03 Å². The number of ether oxygens (including phenoxy) is 1. The maximum Gasteiger partial charge on any atom is 0.318 e. The third-order valence-corrected chi connectivity index (χ3v) is 4.52. The summed E-state index contributed by atoms with van der Waals surface area (Å²) in [5, 5.41) is 12.2. The largest absolute Gasteiger partial charge is 0.394 e. The lowest BCUT2D eigenvalue weighted by molar-refractivity contribution is 0.0962. The standard InChI is InChI=1S/C16H20F2N2O3/c17-12-4-3-10(8-13(12)18)15-14(5-7-23-15)19-16(22)20-6-1-2-11(20)9-21/h3-4,8,11,14-15,21H,1-2,5-7,9H2,(H,19,22)/t11-,14?,15?/m1/s1. The number of carbonyl (C=O) groups is 1. The average Bonchev–Trinajstić information content (AvgIpc) is 3.18. The van der Waals surface area contributed by atoms with Crippen LogP contribution < -0.4 is 5.32 Å². The fraction of sp³-hybridized carbons (Fsp3) is 0.562. The van der Waals surface area contributed by atoms with Gasteiger partial charge in [-0.3, -0.25) is 0 Å². The van der Waals surface area contributed by atoms with Crippen LogP contribution in [0.1, 0.15) is 30.9 Å². The lowest BCUT2D eigenvalue weighted by Crippen LogP contribution is -2.48. The highest BCUT2D eigenvalue weighted by atomic mass is 19.2. The first-order valence-electron chi connectivity index (χ1n) is 7.84. The molecule has 2 heterocycles. The molecule has 0 radical (unpaired) electrons. The van der Waals surface area contributed by atoms with Crippen molar-refractivity contribution < 1.29 is 23.4 Å². The first-order valence-corrected chi connectivity index (χ1v) is 7.84. The zero-order chi connectivity index (χ0) is 16.4. The Morgan fingerprint density at radius 2 is 2.17 bits per heavy atom. The van der Waals surface area contributed by atoms with Crippen LogP contribution in [0.2, 0.25) is 0 Å². The van der Waals surface area contributed by atoms with Crippen molar-refractivity contribution in [2.75, 3.05) is 19.8 Å². The van der Waals surface area contributed by atoms with Crippen LogP contribution in [0.4, 0.5) is 13.6 Å². The molecule has 5 nitrogen and oxygen atoms in total. The zero-order valence-electron chi connectivity index (χ0n) is 12.7. The van der Waals surface area contributed by atoms with Crippen molar-refractivity contribution in [3.8, 4) is 0 Å². The Morgan fingerprint density at radius 1 is 1.35 bits per heavy atom. The van der Waals surface area contributed by atoms with Crippen LogP contribution in [-0.4, -0.2) is 47.9 Å². The van der Waals surface area contributed by atoms with Gasteiger partial charge < -0.3 is 20.1 Å². The van der Waals surface area contributed by atoms with E-state index in [1.54, 1.807) is 4.90 Å². The normalized spacial score (nSPS) is 27.4. The summed E-state index contributed by atoms with van der Waals surface area (Å²) in [7, 11) is 0. The molecule has 0 aliphatic carbocycles. The minimum absolute atomic E-state index is 0.0544. The molecular formula is C16H20F2N2O3. The Balaban J connectivity index is 1.69. The second-order valence-corrected chi connectivity index (χ2v) is 5.98. The summed E-state index contributed by atoms with van der Waals surface area (Å²) < 4.78 is 32.1. The summed E-state index contributed by atoms with van der Waals surface area (Å²) in [4.78, 5) is 14.0. The molecule has 2 saturated heterocycles. The van der Waals surface area contributed by atoms with Gasteiger partial charge in [0.15, 0.2) is 11.6 Å². The predicted molar refractivity (Wildman–Crippen MR) is 78.8 cm³/mol. The van der Waals surface area contributed by atoms with E-state index >= 15 is 0 Å². The number of aliphatic hydroxyl groups is 1. The van der Waals surface area contributed by atoms with Crippen LogP contribution in [0.15, 0.2) is 18.2 Å². The number of amides is 2. The molecule has 2 amide bonds. The Labute approximate surface area is 133 Å². The van der Waals surface area contributed by atoms with Gasteiger partial charge in [-0.15, -0.1) is 0 Å². The quantitative estimate of drug-likeness (QED) is 0.893. The van der Waals surface area contributed by atoms with E-state index in [0.29, 0.717) is 25.1 Å². The van der Waals surface area contributed by atoms with Crippen LogP contribution in [-0.2, 0) is 4.74 Å². The topological polar surface area (TPSA) is 61.8 Å². The average molecular weight is 326 g/mol. The van der Waals surface area contributed by atoms with Crippen molar-refractivity contribution in [2.45, 2.75) is 37.5 Å². The monoisotopic (exact) mass is 326 g/mol. The Kier molecular flexibility index (Phi) is 4.77. The van der Waals surface area contributed by atoms with Crippen molar-refractivity contribution in [2.24, 2.45) is 0 Å². The van der Waals surface area contributed by atoms with Crippen LogP contribution in [0.25, 0.3) is 0 Å². The lowest BCUT2D eigenvalue weighted by atomic mass is 10.0. The van der Waals surface area contributed by atoms with Crippen molar-refractivity contribution >= 4 is 6.03 Å². The molecule has 2 aliphatic rings. The third-order valence-electron chi connectivity index (χ3n) is 4.52. The van der Waals surface area contributed by atoms with Gasteiger partial charge in [-0.25, -0.2) is 13.6 Å². The van der Waals surface area contributed by atoms with E-state index in [1.165, 1.54) is 6.07 Å². The van der Waals surface area contributed by atoms with Gasteiger partial charge in [0.1, 0.15) is 6.10 Å². The summed E-state index contributed by atoms with van der Waals surface area (Å²) >= 11 is 0. The van der Waals surface area contributed by atoms with Gasteiger partial charge in [-0.05, 0) is 37.0 Å². The van der Waals surface area contributed by atoms with Crippen molar-refractivity contribution in [3.63, 3.8) is 0 Å². The van der Waals surface area contributed by atoms with Gasteiger partial charge in [-0.1, -0.05) is 6.07 Å². The highest BCUT2D eigenvalue weighted by Gasteiger charge is 2.35. The molecule has 0 spiro atoms. The van der Waals surface area contributed by atoms with E-state index in [-0.39, 0.29) is 24.7 Å². The number of nitrogens with one attached hydrogen (secondary N) is 1. The smallest absolute Gasteiger partial charge is 0.318 e. The molecule has 0 bridgehead atoms. The van der Waals surface area contributed by atoms with Gasteiger partial charge in [-0.2, -0.15) is 0 Å². The molecule has 2 unspecified atom stereocenters. The minimum atomic E-state index is -0.928. The first-order chi connectivity index (χ1) is 11.1. The Bertz CT molecular complexity index is 584. The van der Waals surface area contributed by atoms with Crippen molar-refractivity contribution in [3.05, 3.63) is 35.4 Å². The number of benzene rings is 1. The number of nitrogens with zero attached hydrogens (tertiary/aromatic N) is 1. The molecule has 0 aromatic heterocycles.